The average molecular weight is 505 g/mol. The van der Waals surface area contributed by atoms with Crippen molar-refractivity contribution in [3.63, 3.8) is 0 Å². The van der Waals surface area contributed by atoms with Crippen LogP contribution < -0.4 is 16.0 Å². The van der Waals surface area contributed by atoms with E-state index in [9.17, 15) is 4.79 Å². The van der Waals surface area contributed by atoms with E-state index in [-0.39, 0.29) is 36.4 Å². The van der Waals surface area contributed by atoms with Crippen molar-refractivity contribution in [3.05, 3.63) is 78.4 Å². The first kappa shape index (κ1) is 22.3. The molecule has 0 bridgehead atoms. The summed E-state index contributed by atoms with van der Waals surface area (Å²) >= 11 is 0. The molecule has 1 amide bonds. The minimum Gasteiger partial charge on any atom is -0.352 e. The van der Waals surface area contributed by atoms with E-state index in [2.05, 4.69) is 31.0 Å². The van der Waals surface area contributed by atoms with Gasteiger partial charge in [-0.15, -0.1) is 24.0 Å². The van der Waals surface area contributed by atoms with Gasteiger partial charge in [0.05, 0.1) is 12.2 Å². The van der Waals surface area contributed by atoms with Gasteiger partial charge in [0.2, 0.25) is 5.91 Å². The summed E-state index contributed by atoms with van der Waals surface area (Å²) in [7, 11) is 1.72. The summed E-state index contributed by atoms with van der Waals surface area (Å²) in [4.78, 5) is 20.6. The highest BCUT2D eigenvalue weighted by Gasteiger charge is 2.05. The third-order valence-electron chi connectivity index (χ3n) is 3.92. The Balaban J connectivity index is 0.00000300. The van der Waals surface area contributed by atoms with Gasteiger partial charge in [0.25, 0.3) is 0 Å². The molecule has 0 atom stereocenters. The zero-order chi connectivity index (χ0) is 19.6. The smallest absolute Gasteiger partial charge is 0.246 e. The average Bonchev–Trinajstić information content (AvgIpc) is 3.22. The molecule has 3 rings (SSSR count). The zero-order valence-corrected chi connectivity index (χ0v) is 18.4. The maximum absolute atomic E-state index is 12.1. The quantitative estimate of drug-likeness (QED) is 0.261. The molecule has 152 valence electrons. The van der Waals surface area contributed by atoms with Crippen molar-refractivity contribution in [1.82, 2.24) is 25.4 Å². The van der Waals surface area contributed by atoms with Crippen LogP contribution in [-0.2, 0) is 24.4 Å². The SMILES string of the molecule is CN=C(NCc1cccc(NC(=O)Cn2cccn2)c1)NCc1ccccn1.I. The lowest BCUT2D eigenvalue weighted by atomic mass is 10.2. The number of carbonyl (C=O) groups excluding carboxylic acids is 1. The first-order valence-electron chi connectivity index (χ1n) is 8.93. The fourth-order valence-corrected chi connectivity index (χ4v) is 2.58. The Morgan fingerprint density at radius 3 is 2.66 bits per heavy atom. The minimum atomic E-state index is -0.123. The number of aliphatic imine (C=N–C) groups is 1. The van der Waals surface area contributed by atoms with Crippen LogP contribution in [0.5, 0.6) is 0 Å². The predicted octanol–water partition coefficient (Wildman–Crippen LogP) is 2.40. The van der Waals surface area contributed by atoms with Crippen LogP contribution in [0.25, 0.3) is 0 Å². The topological polar surface area (TPSA) is 96.2 Å². The van der Waals surface area contributed by atoms with E-state index in [0.717, 1.165) is 16.9 Å². The lowest BCUT2D eigenvalue weighted by Crippen LogP contribution is -2.36. The highest BCUT2D eigenvalue weighted by molar-refractivity contribution is 14.0. The summed E-state index contributed by atoms with van der Waals surface area (Å²) < 4.78 is 1.58. The zero-order valence-electron chi connectivity index (χ0n) is 16.1. The second-order valence-electron chi connectivity index (χ2n) is 6.05. The first-order chi connectivity index (χ1) is 13.7. The maximum atomic E-state index is 12.1. The second-order valence-corrected chi connectivity index (χ2v) is 6.05. The number of aromatic nitrogens is 3. The van der Waals surface area contributed by atoms with Crippen molar-refractivity contribution in [3.8, 4) is 0 Å². The van der Waals surface area contributed by atoms with Crippen LogP contribution in [-0.4, -0.2) is 33.7 Å². The number of halogens is 1. The van der Waals surface area contributed by atoms with Crippen LogP contribution in [0.1, 0.15) is 11.3 Å². The van der Waals surface area contributed by atoms with Crippen molar-refractivity contribution in [2.75, 3.05) is 12.4 Å². The fourth-order valence-electron chi connectivity index (χ4n) is 2.58. The van der Waals surface area contributed by atoms with Crippen LogP contribution in [0.4, 0.5) is 5.69 Å². The normalized spacial score (nSPS) is 10.7. The van der Waals surface area contributed by atoms with Crippen molar-refractivity contribution in [1.29, 1.82) is 0 Å². The molecule has 9 heteroatoms. The molecule has 3 aromatic rings. The Morgan fingerprint density at radius 2 is 1.93 bits per heavy atom. The van der Waals surface area contributed by atoms with Crippen molar-refractivity contribution in [2.45, 2.75) is 19.6 Å². The van der Waals surface area contributed by atoms with E-state index in [1.165, 1.54) is 0 Å². The van der Waals surface area contributed by atoms with E-state index in [4.69, 9.17) is 0 Å². The molecule has 0 aliphatic carbocycles. The first-order valence-corrected chi connectivity index (χ1v) is 8.93. The Morgan fingerprint density at radius 1 is 1.07 bits per heavy atom. The number of nitrogens with one attached hydrogen (secondary N) is 3. The van der Waals surface area contributed by atoms with Gasteiger partial charge >= 0.3 is 0 Å². The molecule has 0 unspecified atom stereocenters. The van der Waals surface area contributed by atoms with Gasteiger partial charge in [-0.25, -0.2) is 0 Å². The number of carbonyl (C=O) groups is 1. The van der Waals surface area contributed by atoms with Gasteiger partial charge in [-0.05, 0) is 35.9 Å². The molecule has 2 heterocycles. The highest BCUT2D eigenvalue weighted by atomic mass is 127. The van der Waals surface area contributed by atoms with Crippen molar-refractivity contribution < 1.29 is 4.79 Å². The summed E-state index contributed by atoms with van der Waals surface area (Å²) in [5.41, 5.74) is 2.71. The molecule has 8 nitrogen and oxygen atoms in total. The minimum absolute atomic E-state index is 0. The second kappa shape index (κ2) is 11.8. The van der Waals surface area contributed by atoms with Crippen LogP contribution in [0.3, 0.4) is 0 Å². The van der Waals surface area contributed by atoms with Crippen LogP contribution in [0.2, 0.25) is 0 Å². The van der Waals surface area contributed by atoms with Crippen LogP contribution in [0, 0.1) is 0 Å². The van der Waals surface area contributed by atoms with E-state index >= 15 is 0 Å². The molecule has 0 saturated carbocycles. The van der Waals surface area contributed by atoms with Gasteiger partial charge in [0, 0.05) is 37.9 Å². The summed E-state index contributed by atoms with van der Waals surface area (Å²) in [5, 5.41) is 13.4. The third kappa shape index (κ3) is 7.53. The van der Waals surface area contributed by atoms with Crippen LogP contribution >= 0.6 is 24.0 Å². The molecule has 0 fully saturated rings. The van der Waals surface area contributed by atoms with E-state index in [1.54, 1.807) is 36.4 Å². The number of nitrogens with zero attached hydrogens (tertiary/aromatic N) is 4. The van der Waals surface area contributed by atoms with Gasteiger partial charge in [0.1, 0.15) is 6.54 Å². The van der Waals surface area contributed by atoms with Gasteiger partial charge in [0.15, 0.2) is 5.96 Å². The summed E-state index contributed by atoms with van der Waals surface area (Å²) in [6.45, 7) is 1.34. The summed E-state index contributed by atoms with van der Waals surface area (Å²) in [6.07, 6.45) is 5.16. The van der Waals surface area contributed by atoms with Crippen molar-refractivity contribution >= 4 is 41.5 Å². The van der Waals surface area contributed by atoms with Gasteiger partial charge < -0.3 is 16.0 Å². The lowest BCUT2D eigenvalue weighted by Gasteiger charge is -2.12. The fraction of sp³-hybridized carbons (Fsp3) is 0.200. The van der Waals surface area contributed by atoms with Crippen molar-refractivity contribution in [2.24, 2.45) is 4.99 Å². The number of amides is 1. The molecule has 2 aromatic heterocycles. The Bertz CT molecular complexity index is 914. The molecule has 0 spiro atoms. The maximum Gasteiger partial charge on any atom is 0.246 e. The monoisotopic (exact) mass is 505 g/mol. The molecule has 0 radical (unpaired) electrons. The Labute approximate surface area is 186 Å². The molecule has 0 aliphatic rings. The molecular formula is C20H24IN7O. The Hall–Kier alpha value is -2.95. The number of pyridine rings is 1. The molecule has 29 heavy (non-hydrogen) atoms. The van der Waals surface area contributed by atoms with E-state index < -0.39 is 0 Å². The molecule has 0 aliphatic heterocycles. The van der Waals surface area contributed by atoms with Gasteiger partial charge in [-0.3, -0.25) is 19.5 Å². The lowest BCUT2D eigenvalue weighted by molar-refractivity contribution is -0.116. The predicted molar refractivity (Wildman–Crippen MR) is 124 cm³/mol. The number of rotatable bonds is 7. The number of guanidine groups is 1. The number of benzene rings is 1. The highest BCUT2D eigenvalue weighted by Crippen LogP contribution is 2.10. The third-order valence-corrected chi connectivity index (χ3v) is 3.92. The number of hydrogen-bond donors (Lipinski definition) is 3. The summed E-state index contributed by atoms with van der Waals surface area (Å²) in [5.74, 6) is 0.556. The van der Waals surface area contributed by atoms with Gasteiger partial charge in [-0.1, -0.05) is 18.2 Å². The molecular weight excluding hydrogens is 481 g/mol. The molecule has 1 aromatic carbocycles. The number of anilines is 1. The standard InChI is InChI=1S/C20H23N7O.HI/c1-21-20(24-14-18-7-2-3-9-22-18)23-13-16-6-4-8-17(12-16)26-19(28)15-27-11-5-10-25-27;/h2-12H,13-15H2,1H3,(H,26,28)(H2,21,23,24);1H. The van der Waals surface area contributed by atoms with Gasteiger partial charge in [-0.2, -0.15) is 5.10 Å². The number of hydrogen-bond acceptors (Lipinski definition) is 4. The van der Waals surface area contributed by atoms with E-state index in [1.807, 2.05) is 42.5 Å². The summed E-state index contributed by atoms with van der Waals surface area (Å²) in [6, 6.07) is 15.3. The van der Waals surface area contributed by atoms with E-state index in [0.29, 0.717) is 19.0 Å². The van der Waals surface area contributed by atoms with Crippen LogP contribution in [0.15, 0.2) is 72.1 Å². The molecule has 0 saturated heterocycles. The largest absolute Gasteiger partial charge is 0.352 e. The Kier molecular flexibility index (Phi) is 9.09. The molecule has 3 N–H and O–H groups in total.